The van der Waals surface area contributed by atoms with Gasteiger partial charge in [-0.3, -0.25) is 0 Å². The number of carbonyl (C=O) groups excluding carboxylic acids is 1. The molecule has 0 saturated carbocycles. The van der Waals surface area contributed by atoms with Gasteiger partial charge in [0.15, 0.2) is 0 Å². The van der Waals surface area contributed by atoms with Gasteiger partial charge in [0.2, 0.25) is 5.95 Å². The van der Waals surface area contributed by atoms with Crippen LogP contribution in [0.5, 0.6) is 0 Å². The molecule has 3 rings (SSSR count). The summed E-state index contributed by atoms with van der Waals surface area (Å²) in [6.45, 7) is 8.81. The van der Waals surface area contributed by atoms with Crippen LogP contribution in [-0.2, 0) is 4.74 Å². The van der Waals surface area contributed by atoms with E-state index in [-0.39, 0.29) is 12.0 Å². The van der Waals surface area contributed by atoms with Gasteiger partial charge < -0.3 is 26.4 Å². The number of aryl methyl sites for hydroxylation is 1. The third-order valence-electron chi connectivity index (χ3n) is 4.72. The number of nitrogens with two attached hydrogens (primary N) is 2. The first-order valence-electron chi connectivity index (χ1n) is 10.2. The summed E-state index contributed by atoms with van der Waals surface area (Å²) in [4.78, 5) is 27.0. The molecule has 0 atom stereocenters. The second-order valence-electron chi connectivity index (χ2n) is 8.50. The predicted molar refractivity (Wildman–Crippen MR) is 120 cm³/mol. The quantitative estimate of drug-likeness (QED) is 0.627. The van der Waals surface area contributed by atoms with Crippen molar-refractivity contribution in [2.45, 2.75) is 52.2 Å². The van der Waals surface area contributed by atoms with Gasteiger partial charge in [0.05, 0.1) is 11.3 Å². The molecule has 0 bridgehead atoms. The highest BCUT2D eigenvalue weighted by atomic mass is 16.6. The molecule has 164 valence electrons. The molecule has 2 aromatic rings. The molecule has 5 N–H and O–H groups in total. The van der Waals surface area contributed by atoms with Crippen molar-refractivity contribution in [3.63, 3.8) is 0 Å². The Kier molecular flexibility index (Phi) is 6.49. The number of nitrogens with one attached hydrogen (secondary N) is 1. The van der Waals surface area contributed by atoms with Crippen molar-refractivity contribution in [3.05, 3.63) is 35.2 Å². The molecule has 0 aliphatic carbocycles. The number of alkyl carbamates (subject to hydrolysis) is 1. The van der Waals surface area contributed by atoms with Crippen LogP contribution < -0.4 is 21.7 Å². The molecule has 2 aromatic heterocycles. The Morgan fingerprint density at radius 1 is 1.19 bits per heavy atom. The highest BCUT2D eigenvalue weighted by molar-refractivity contribution is 5.68. The van der Waals surface area contributed by atoms with Gasteiger partial charge in [0, 0.05) is 30.9 Å². The van der Waals surface area contributed by atoms with Crippen LogP contribution >= 0.6 is 0 Å². The van der Waals surface area contributed by atoms with E-state index in [0.717, 1.165) is 24.0 Å². The van der Waals surface area contributed by atoms with Crippen molar-refractivity contribution >= 4 is 23.7 Å². The minimum atomic E-state index is -0.519. The molecule has 0 spiro atoms. The number of nitrogens with zero attached hydrogens (tertiary/aromatic N) is 4. The standard InChI is InChI=1S/C22H29N7O2/c1-14-17(7-5-15-6-8-18(23)25-13-15)19(28-20(24)26-14)29-11-9-16(10-12-29)27-21(30)31-22(2,3)4/h6,8,13,16H,9-12H2,1-4H3,(H2,23,25)(H,27,30)(H2,24,26,28). The van der Waals surface area contributed by atoms with Crippen molar-refractivity contribution < 1.29 is 9.53 Å². The van der Waals surface area contributed by atoms with E-state index in [2.05, 4.69) is 37.0 Å². The average Bonchev–Trinajstić information content (AvgIpc) is 2.67. The first-order valence-corrected chi connectivity index (χ1v) is 10.2. The number of piperidine rings is 1. The number of hydrogen-bond acceptors (Lipinski definition) is 8. The van der Waals surface area contributed by atoms with Crippen LogP contribution in [0.25, 0.3) is 0 Å². The van der Waals surface area contributed by atoms with Gasteiger partial charge in [0.1, 0.15) is 17.2 Å². The highest BCUT2D eigenvalue weighted by Gasteiger charge is 2.26. The predicted octanol–water partition coefficient (Wildman–Crippen LogP) is 2.24. The van der Waals surface area contributed by atoms with Crippen molar-refractivity contribution in [1.82, 2.24) is 20.3 Å². The Morgan fingerprint density at radius 3 is 2.52 bits per heavy atom. The molecule has 1 saturated heterocycles. The largest absolute Gasteiger partial charge is 0.444 e. The normalized spacial score (nSPS) is 14.5. The van der Waals surface area contributed by atoms with Crippen LogP contribution in [-0.4, -0.2) is 45.8 Å². The van der Waals surface area contributed by atoms with E-state index in [9.17, 15) is 4.79 Å². The van der Waals surface area contributed by atoms with Crippen LogP contribution in [0, 0.1) is 18.8 Å². The second-order valence-corrected chi connectivity index (χ2v) is 8.50. The molecule has 31 heavy (non-hydrogen) atoms. The first kappa shape index (κ1) is 22.2. The van der Waals surface area contributed by atoms with Crippen molar-refractivity contribution in [2.75, 3.05) is 29.5 Å². The minimum Gasteiger partial charge on any atom is -0.444 e. The van der Waals surface area contributed by atoms with Crippen LogP contribution in [0.2, 0.25) is 0 Å². The first-order chi connectivity index (χ1) is 14.6. The Balaban J connectivity index is 1.73. The Bertz CT molecular complexity index is 995. The lowest BCUT2D eigenvalue weighted by atomic mass is 10.0. The lowest BCUT2D eigenvalue weighted by Crippen LogP contribution is -2.46. The lowest BCUT2D eigenvalue weighted by Gasteiger charge is -2.34. The van der Waals surface area contributed by atoms with Gasteiger partial charge in [-0.25, -0.2) is 14.8 Å². The molecule has 0 unspecified atom stereocenters. The van der Waals surface area contributed by atoms with E-state index in [0.29, 0.717) is 30.4 Å². The summed E-state index contributed by atoms with van der Waals surface area (Å²) >= 11 is 0. The third-order valence-corrected chi connectivity index (χ3v) is 4.72. The van der Waals surface area contributed by atoms with Crippen LogP contribution in [0.4, 0.5) is 22.4 Å². The zero-order valence-corrected chi connectivity index (χ0v) is 18.4. The molecule has 1 fully saturated rings. The van der Waals surface area contributed by atoms with E-state index in [1.807, 2.05) is 33.8 Å². The van der Waals surface area contributed by atoms with Gasteiger partial charge in [-0.05, 0) is 52.7 Å². The van der Waals surface area contributed by atoms with Gasteiger partial charge >= 0.3 is 6.09 Å². The van der Waals surface area contributed by atoms with Crippen LogP contribution in [0.15, 0.2) is 18.3 Å². The molecule has 1 amide bonds. The summed E-state index contributed by atoms with van der Waals surface area (Å²) in [5.41, 5.74) is 13.2. The van der Waals surface area contributed by atoms with E-state index in [1.54, 1.807) is 12.3 Å². The number of hydrogen-bond donors (Lipinski definition) is 3. The van der Waals surface area contributed by atoms with E-state index in [1.165, 1.54) is 0 Å². The molecule has 3 heterocycles. The van der Waals surface area contributed by atoms with E-state index in [4.69, 9.17) is 16.2 Å². The summed E-state index contributed by atoms with van der Waals surface area (Å²) in [5, 5.41) is 2.95. The van der Waals surface area contributed by atoms with Crippen LogP contribution in [0.1, 0.15) is 50.4 Å². The number of nitrogen functional groups attached to an aromatic ring is 2. The average molecular weight is 424 g/mol. The molecule has 9 heteroatoms. The fourth-order valence-electron chi connectivity index (χ4n) is 3.28. The fraction of sp³-hybridized carbons (Fsp3) is 0.455. The minimum absolute atomic E-state index is 0.0433. The summed E-state index contributed by atoms with van der Waals surface area (Å²) in [6, 6.07) is 3.57. The number of rotatable bonds is 2. The van der Waals surface area contributed by atoms with Crippen molar-refractivity contribution in [1.29, 1.82) is 0 Å². The SMILES string of the molecule is Cc1nc(N)nc(N2CCC(NC(=O)OC(C)(C)C)CC2)c1C#Cc1ccc(N)nc1. The molecule has 9 nitrogen and oxygen atoms in total. The summed E-state index contributed by atoms with van der Waals surface area (Å²) in [5.74, 6) is 7.62. The molecule has 0 aromatic carbocycles. The molecule has 0 radical (unpaired) electrons. The second kappa shape index (κ2) is 9.08. The van der Waals surface area contributed by atoms with E-state index < -0.39 is 11.7 Å². The Labute approximate surface area is 182 Å². The van der Waals surface area contributed by atoms with Gasteiger partial charge in [-0.2, -0.15) is 4.98 Å². The number of pyridine rings is 1. The number of amides is 1. The van der Waals surface area contributed by atoms with Gasteiger partial charge in [0.25, 0.3) is 0 Å². The molecular formula is C22H29N7O2. The molecular weight excluding hydrogens is 394 g/mol. The molecule has 1 aliphatic heterocycles. The Hall–Kier alpha value is -3.54. The Morgan fingerprint density at radius 2 is 1.90 bits per heavy atom. The maximum atomic E-state index is 12.0. The smallest absolute Gasteiger partial charge is 0.407 e. The van der Waals surface area contributed by atoms with E-state index >= 15 is 0 Å². The fourth-order valence-corrected chi connectivity index (χ4v) is 3.28. The summed E-state index contributed by atoms with van der Waals surface area (Å²) < 4.78 is 5.35. The number of ether oxygens (including phenoxy) is 1. The number of anilines is 3. The zero-order chi connectivity index (χ0) is 22.6. The third kappa shape index (κ3) is 6.22. The highest BCUT2D eigenvalue weighted by Crippen LogP contribution is 2.24. The van der Waals surface area contributed by atoms with Crippen molar-refractivity contribution in [2.24, 2.45) is 0 Å². The number of carbonyl (C=O) groups is 1. The maximum absolute atomic E-state index is 12.0. The summed E-state index contributed by atoms with van der Waals surface area (Å²) in [6.07, 6.45) is 2.76. The zero-order valence-electron chi connectivity index (χ0n) is 18.4. The van der Waals surface area contributed by atoms with Gasteiger partial charge in [-0.1, -0.05) is 11.8 Å². The number of aromatic nitrogens is 3. The van der Waals surface area contributed by atoms with Crippen LogP contribution in [0.3, 0.4) is 0 Å². The maximum Gasteiger partial charge on any atom is 0.407 e. The monoisotopic (exact) mass is 423 g/mol. The molecule has 1 aliphatic rings. The van der Waals surface area contributed by atoms with Crippen molar-refractivity contribution in [3.8, 4) is 11.8 Å². The lowest BCUT2D eigenvalue weighted by molar-refractivity contribution is 0.0497. The summed E-state index contributed by atoms with van der Waals surface area (Å²) in [7, 11) is 0. The topological polar surface area (TPSA) is 132 Å². The van der Waals surface area contributed by atoms with Gasteiger partial charge in [-0.15, -0.1) is 0 Å².